The van der Waals surface area contributed by atoms with Crippen LogP contribution in [-0.4, -0.2) is 36.5 Å². The summed E-state index contributed by atoms with van der Waals surface area (Å²) in [5.74, 6) is -0.565. The molecular weight excluding hydrogens is 274 g/mol. The number of hydrogen-bond acceptors (Lipinski definition) is 5. The van der Waals surface area contributed by atoms with Crippen molar-refractivity contribution in [1.82, 2.24) is 10.6 Å². The standard InChI is InChI=1S/C14H25N3O4/c1-13(2,3)20-11(18)16-8-10(7-15)9-17-12(19)21-14(4,5)6/h10H,8-9H2,1-6H3,(H,16,18)(H,17,19). The van der Waals surface area contributed by atoms with Crippen LogP contribution in [0.2, 0.25) is 0 Å². The molecule has 0 unspecified atom stereocenters. The summed E-state index contributed by atoms with van der Waals surface area (Å²) in [5.41, 5.74) is -1.19. The second-order valence-electron chi connectivity index (χ2n) is 6.59. The number of carbonyl (C=O) groups excluding carboxylic acids is 2. The molecule has 7 heteroatoms. The first-order chi connectivity index (χ1) is 9.43. The molecule has 0 aliphatic rings. The topological polar surface area (TPSA) is 100 Å². The SMILES string of the molecule is CC(C)(C)OC(=O)NCC(C#N)CNC(=O)OC(C)(C)C. The third-order valence-electron chi connectivity index (χ3n) is 1.97. The summed E-state index contributed by atoms with van der Waals surface area (Å²) in [6.45, 7) is 10.7. The Morgan fingerprint density at radius 2 is 1.29 bits per heavy atom. The zero-order chi connectivity index (χ0) is 16.7. The van der Waals surface area contributed by atoms with E-state index in [0.717, 1.165) is 0 Å². The normalized spacial score (nSPS) is 11.5. The van der Waals surface area contributed by atoms with Gasteiger partial charge in [0, 0.05) is 13.1 Å². The first-order valence-electron chi connectivity index (χ1n) is 6.76. The number of amides is 2. The van der Waals surface area contributed by atoms with Crippen LogP contribution in [0.4, 0.5) is 9.59 Å². The molecule has 0 aromatic heterocycles. The Bertz CT molecular complexity index is 370. The van der Waals surface area contributed by atoms with E-state index >= 15 is 0 Å². The van der Waals surface area contributed by atoms with Gasteiger partial charge < -0.3 is 20.1 Å². The minimum atomic E-state index is -0.597. The maximum Gasteiger partial charge on any atom is 0.407 e. The summed E-state index contributed by atoms with van der Waals surface area (Å²) in [4.78, 5) is 22.9. The zero-order valence-corrected chi connectivity index (χ0v) is 13.6. The van der Waals surface area contributed by atoms with E-state index in [-0.39, 0.29) is 13.1 Å². The van der Waals surface area contributed by atoms with E-state index in [1.165, 1.54) is 0 Å². The molecule has 120 valence electrons. The number of nitrogens with zero attached hydrogens (tertiary/aromatic N) is 1. The smallest absolute Gasteiger partial charge is 0.407 e. The van der Waals surface area contributed by atoms with Gasteiger partial charge in [-0.2, -0.15) is 5.26 Å². The van der Waals surface area contributed by atoms with Gasteiger partial charge in [0.1, 0.15) is 11.2 Å². The minimum absolute atomic E-state index is 0.0845. The zero-order valence-electron chi connectivity index (χ0n) is 13.6. The van der Waals surface area contributed by atoms with Crippen LogP contribution >= 0.6 is 0 Å². The van der Waals surface area contributed by atoms with Crippen molar-refractivity contribution in [3.8, 4) is 6.07 Å². The Morgan fingerprint density at radius 1 is 0.952 bits per heavy atom. The van der Waals surface area contributed by atoms with Gasteiger partial charge in [0.15, 0.2) is 0 Å². The van der Waals surface area contributed by atoms with E-state index in [1.807, 2.05) is 6.07 Å². The van der Waals surface area contributed by atoms with Crippen molar-refractivity contribution in [1.29, 1.82) is 5.26 Å². The number of rotatable bonds is 4. The van der Waals surface area contributed by atoms with Gasteiger partial charge >= 0.3 is 12.2 Å². The molecule has 0 radical (unpaired) electrons. The third kappa shape index (κ3) is 11.5. The van der Waals surface area contributed by atoms with Gasteiger partial charge in [-0.05, 0) is 41.5 Å². The second-order valence-corrected chi connectivity index (χ2v) is 6.59. The average molecular weight is 299 g/mol. The minimum Gasteiger partial charge on any atom is -0.444 e. The number of nitrogens with one attached hydrogen (secondary N) is 2. The maximum atomic E-state index is 11.5. The molecule has 0 bridgehead atoms. The lowest BCUT2D eigenvalue weighted by molar-refractivity contribution is 0.0516. The predicted molar refractivity (Wildman–Crippen MR) is 77.6 cm³/mol. The molecule has 0 atom stereocenters. The summed E-state index contributed by atoms with van der Waals surface area (Å²) >= 11 is 0. The summed E-state index contributed by atoms with van der Waals surface area (Å²) in [5, 5.41) is 14.0. The molecule has 0 spiro atoms. The first-order valence-corrected chi connectivity index (χ1v) is 6.76. The predicted octanol–water partition coefficient (Wildman–Crippen LogP) is 2.18. The van der Waals surface area contributed by atoms with Crippen molar-refractivity contribution in [2.75, 3.05) is 13.1 Å². The van der Waals surface area contributed by atoms with E-state index in [1.54, 1.807) is 41.5 Å². The second kappa shape index (κ2) is 7.72. The molecule has 0 fully saturated rings. The van der Waals surface area contributed by atoms with Gasteiger partial charge in [0.05, 0.1) is 12.0 Å². The van der Waals surface area contributed by atoms with Crippen molar-refractivity contribution in [2.45, 2.75) is 52.7 Å². The van der Waals surface area contributed by atoms with Crippen LogP contribution in [0.15, 0.2) is 0 Å². The van der Waals surface area contributed by atoms with Crippen molar-refractivity contribution < 1.29 is 19.1 Å². The third-order valence-corrected chi connectivity index (χ3v) is 1.97. The molecule has 0 aromatic rings. The van der Waals surface area contributed by atoms with E-state index in [2.05, 4.69) is 10.6 Å². The van der Waals surface area contributed by atoms with E-state index < -0.39 is 29.3 Å². The number of nitriles is 1. The largest absolute Gasteiger partial charge is 0.444 e. The lowest BCUT2D eigenvalue weighted by Gasteiger charge is -2.21. The van der Waals surface area contributed by atoms with Crippen LogP contribution in [-0.2, 0) is 9.47 Å². The molecule has 2 amide bonds. The Labute approximate surface area is 126 Å². The first kappa shape index (κ1) is 19.0. The van der Waals surface area contributed by atoms with Crippen LogP contribution in [0.25, 0.3) is 0 Å². The quantitative estimate of drug-likeness (QED) is 0.828. The molecule has 0 saturated heterocycles. The number of ether oxygens (including phenoxy) is 2. The van der Waals surface area contributed by atoms with Crippen molar-refractivity contribution in [3.05, 3.63) is 0 Å². The van der Waals surface area contributed by atoms with Gasteiger partial charge in [-0.15, -0.1) is 0 Å². The molecule has 0 heterocycles. The highest BCUT2D eigenvalue weighted by atomic mass is 16.6. The fourth-order valence-electron chi connectivity index (χ4n) is 1.20. The van der Waals surface area contributed by atoms with Crippen LogP contribution in [0.1, 0.15) is 41.5 Å². The van der Waals surface area contributed by atoms with Crippen molar-refractivity contribution in [2.24, 2.45) is 5.92 Å². The molecule has 0 rings (SSSR count). The van der Waals surface area contributed by atoms with Gasteiger partial charge in [0.25, 0.3) is 0 Å². The number of alkyl carbamates (subject to hydrolysis) is 2. The fourth-order valence-corrected chi connectivity index (χ4v) is 1.20. The van der Waals surface area contributed by atoms with Crippen molar-refractivity contribution in [3.63, 3.8) is 0 Å². The van der Waals surface area contributed by atoms with Crippen LogP contribution in [0, 0.1) is 17.2 Å². The number of hydrogen-bond donors (Lipinski definition) is 2. The lowest BCUT2D eigenvalue weighted by Crippen LogP contribution is -2.40. The van der Waals surface area contributed by atoms with Crippen LogP contribution < -0.4 is 10.6 Å². The lowest BCUT2D eigenvalue weighted by atomic mass is 10.1. The summed E-state index contributed by atoms with van der Waals surface area (Å²) in [6.07, 6.45) is -1.19. The van der Waals surface area contributed by atoms with Crippen LogP contribution in [0.3, 0.4) is 0 Å². The van der Waals surface area contributed by atoms with Gasteiger partial charge in [-0.1, -0.05) is 0 Å². The molecular formula is C14H25N3O4. The highest BCUT2D eigenvalue weighted by Crippen LogP contribution is 2.07. The fraction of sp³-hybridized carbons (Fsp3) is 0.786. The molecule has 0 aromatic carbocycles. The van der Waals surface area contributed by atoms with E-state index in [9.17, 15) is 9.59 Å². The molecule has 2 N–H and O–H groups in total. The van der Waals surface area contributed by atoms with Crippen molar-refractivity contribution >= 4 is 12.2 Å². The van der Waals surface area contributed by atoms with E-state index in [0.29, 0.717) is 0 Å². The summed E-state index contributed by atoms with van der Waals surface area (Å²) in [6, 6.07) is 2.00. The summed E-state index contributed by atoms with van der Waals surface area (Å²) < 4.78 is 10.1. The molecule has 0 saturated carbocycles. The average Bonchev–Trinajstić information content (AvgIpc) is 2.24. The Kier molecular flexibility index (Phi) is 6.99. The maximum absolute atomic E-state index is 11.5. The monoisotopic (exact) mass is 299 g/mol. The Balaban J connectivity index is 4.11. The molecule has 0 aliphatic heterocycles. The molecule has 0 aliphatic carbocycles. The summed E-state index contributed by atoms with van der Waals surface area (Å²) in [7, 11) is 0. The number of carbonyl (C=O) groups is 2. The van der Waals surface area contributed by atoms with E-state index in [4.69, 9.17) is 14.7 Å². The van der Waals surface area contributed by atoms with Crippen LogP contribution in [0.5, 0.6) is 0 Å². The Hall–Kier alpha value is -1.97. The van der Waals surface area contributed by atoms with Gasteiger partial charge in [-0.3, -0.25) is 0 Å². The van der Waals surface area contributed by atoms with Gasteiger partial charge in [0.2, 0.25) is 0 Å². The Morgan fingerprint density at radius 3 is 1.52 bits per heavy atom. The highest BCUT2D eigenvalue weighted by molar-refractivity contribution is 5.68. The molecule has 21 heavy (non-hydrogen) atoms. The van der Waals surface area contributed by atoms with Gasteiger partial charge in [-0.25, -0.2) is 9.59 Å². The molecule has 7 nitrogen and oxygen atoms in total. The highest BCUT2D eigenvalue weighted by Gasteiger charge is 2.19.